The number of aromatic carboxylic acids is 1. The Balaban J connectivity index is 3.03. The van der Waals surface area contributed by atoms with E-state index in [1.54, 1.807) is 0 Å². The van der Waals surface area contributed by atoms with Gasteiger partial charge in [0.2, 0.25) is 0 Å². The van der Waals surface area contributed by atoms with Crippen molar-refractivity contribution in [2.24, 2.45) is 0 Å². The normalized spacial score (nSPS) is 9.67. The fourth-order valence-corrected chi connectivity index (χ4v) is 1.17. The van der Waals surface area contributed by atoms with Gasteiger partial charge in [-0.3, -0.25) is 5.32 Å². The van der Waals surface area contributed by atoms with Gasteiger partial charge in [0.25, 0.3) is 0 Å². The zero-order valence-electron chi connectivity index (χ0n) is 9.07. The van der Waals surface area contributed by atoms with Crippen molar-refractivity contribution in [2.45, 2.75) is 0 Å². The number of nitrogens with one attached hydrogen (secondary N) is 1. The van der Waals surface area contributed by atoms with Gasteiger partial charge in [-0.25, -0.2) is 18.4 Å². The second-order valence-corrected chi connectivity index (χ2v) is 3.13. The van der Waals surface area contributed by atoms with Gasteiger partial charge in [0.1, 0.15) is 23.8 Å². The molecule has 0 aliphatic carbocycles. The molecule has 2 N–H and O–H groups in total. The number of hydrogen-bond donors (Lipinski definition) is 2. The fourth-order valence-electron chi connectivity index (χ4n) is 1.17. The number of carboxylic acids is 1. The summed E-state index contributed by atoms with van der Waals surface area (Å²) in [7, 11) is 0. The average Bonchev–Trinajstić information content (AvgIpc) is 2.24. The molecule has 0 saturated carbocycles. The first-order chi connectivity index (χ1) is 8.45. The zero-order valence-corrected chi connectivity index (χ0v) is 9.07. The highest BCUT2D eigenvalue weighted by Crippen LogP contribution is 2.21. The average molecular weight is 257 g/mol. The van der Waals surface area contributed by atoms with Gasteiger partial charge in [0.15, 0.2) is 0 Å². The first-order valence-corrected chi connectivity index (χ1v) is 4.72. The van der Waals surface area contributed by atoms with Crippen molar-refractivity contribution in [3.05, 3.63) is 42.0 Å². The Morgan fingerprint density at radius 3 is 2.67 bits per heavy atom. The zero-order chi connectivity index (χ0) is 13.7. The number of hydrogen-bond acceptors (Lipinski definition) is 3. The molecular weight excluding hydrogens is 248 g/mol. The number of carbonyl (C=O) groups is 2. The Hall–Kier alpha value is -2.44. The molecule has 0 aliphatic heterocycles. The number of rotatable bonds is 4. The van der Waals surface area contributed by atoms with Crippen molar-refractivity contribution in [1.29, 1.82) is 0 Å². The van der Waals surface area contributed by atoms with Crippen LogP contribution in [0.15, 0.2) is 24.8 Å². The van der Waals surface area contributed by atoms with E-state index in [0.29, 0.717) is 12.1 Å². The Kier molecular flexibility index (Phi) is 4.36. The molecule has 0 saturated heterocycles. The number of amides is 1. The Morgan fingerprint density at radius 2 is 2.11 bits per heavy atom. The van der Waals surface area contributed by atoms with E-state index in [1.165, 1.54) is 6.08 Å². The lowest BCUT2D eigenvalue weighted by atomic mass is 10.1. The van der Waals surface area contributed by atoms with Gasteiger partial charge >= 0.3 is 12.1 Å². The summed E-state index contributed by atoms with van der Waals surface area (Å²) in [4.78, 5) is 21.9. The number of ether oxygens (including phenoxy) is 1. The molecule has 0 fully saturated rings. The van der Waals surface area contributed by atoms with Crippen molar-refractivity contribution >= 4 is 17.7 Å². The number of benzene rings is 1. The predicted molar refractivity (Wildman–Crippen MR) is 58.5 cm³/mol. The van der Waals surface area contributed by atoms with Crippen LogP contribution in [-0.2, 0) is 4.74 Å². The topological polar surface area (TPSA) is 75.6 Å². The van der Waals surface area contributed by atoms with Gasteiger partial charge in [-0.2, -0.15) is 0 Å². The van der Waals surface area contributed by atoms with Crippen molar-refractivity contribution in [3.63, 3.8) is 0 Å². The molecule has 0 radical (unpaired) electrons. The minimum absolute atomic E-state index is 0.119. The van der Waals surface area contributed by atoms with E-state index < -0.39 is 34.9 Å². The molecule has 0 atom stereocenters. The van der Waals surface area contributed by atoms with E-state index >= 15 is 0 Å². The van der Waals surface area contributed by atoms with Crippen LogP contribution in [0, 0.1) is 11.6 Å². The smallest absolute Gasteiger partial charge is 0.411 e. The number of halogens is 2. The third-order valence-corrected chi connectivity index (χ3v) is 1.84. The second-order valence-electron chi connectivity index (χ2n) is 3.13. The van der Waals surface area contributed by atoms with Crippen LogP contribution in [0.2, 0.25) is 0 Å². The quantitative estimate of drug-likeness (QED) is 0.812. The molecule has 0 bridgehead atoms. The molecule has 0 unspecified atom stereocenters. The van der Waals surface area contributed by atoms with E-state index in [1.807, 2.05) is 5.32 Å². The van der Waals surface area contributed by atoms with E-state index in [0.717, 1.165) is 0 Å². The molecule has 1 amide bonds. The summed E-state index contributed by atoms with van der Waals surface area (Å²) < 4.78 is 30.7. The monoisotopic (exact) mass is 257 g/mol. The van der Waals surface area contributed by atoms with Crippen LogP contribution in [0.4, 0.5) is 19.3 Å². The maximum Gasteiger partial charge on any atom is 0.411 e. The molecule has 1 rings (SSSR count). The molecule has 5 nitrogen and oxygen atoms in total. The number of carboxylic acid groups (broad SMARTS) is 1. The van der Waals surface area contributed by atoms with Crippen LogP contribution in [0.1, 0.15) is 10.4 Å². The highest BCUT2D eigenvalue weighted by atomic mass is 19.1. The summed E-state index contributed by atoms with van der Waals surface area (Å²) in [6.07, 6.45) is 0.242. The van der Waals surface area contributed by atoms with Crippen LogP contribution in [0.3, 0.4) is 0 Å². The largest absolute Gasteiger partial charge is 0.478 e. The lowest BCUT2D eigenvalue weighted by Crippen LogP contribution is -2.17. The fraction of sp³-hybridized carbons (Fsp3) is 0.0909. The third kappa shape index (κ3) is 3.27. The minimum atomic E-state index is -1.63. The van der Waals surface area contributed by atoms with Crippen molar-refractivity contribution in [2.75, 3.05) is 11.9 Å². The van der Waals surface area contributed by atoms with Crippen LogP contribution >= 0.6 is 0 Å². The maximum atomic E-state index is 13.2. The lowest BCUT2D eigenvalue weighted by Gasteiger charge is -2.09. The van der Waals surface area contributed by atoms with Gasteiger partial charge < -0.3 is 9.84 Å². The Bertz CT molecular complexity index is 502. The van der Waals surface area contributed by atoms with Gasteiger partial charge in [-0.15, -0.1) is 0 Å². The van der Waals surface area contributed by atoms with Crippen LogP contribution < -0.4 is 5.32 Å². The molecule has 1 aromatic rings. The van der Waals surface area contributed by atoms with E-state index in [9.17, 15) is 18.4 Å². The molecule has 0 spiro atoms. The number of carbonyl (C=O) groups excluding carboxylic acids is 1. The van der Waals surface area contributed by atoms with Crippen LogP contribution in [0.25, 0.3) is 0 Å². The SMILES string of the molecule is C=CCOC(=O)Nc1cc(F)cc(F)c1C(=O)O. The van der Waals surface area contributed by atoms with Crippen molar-refractivity contribution in [1.82, 2.24) is 0 Å². The lowest BCUT2D eigenvalue weighted by molar-refractivity contribution is 0.0693. The van der Waals surface area contributed by atoms with Gasteiger partial charge in [0, 0.05) is 6.07 Å². The molecule has 0 aliphatic rings. The van der Waals surface area contributed by atoms with Gasteiger partial charge in [-0.05, 0) is 6.07 Å². The van der Waals surface area contributed by atoms with Gasteiger partial charge in [-0.1, -0.05) is 12.7 Å². The van der Waals surface area contributed by atoms with E-state index in [4.69, 9.17) is 5.11 Å². The Labute approximate surface area is 101 Å². The highest BCUT2D eigenvalue weighted by Gasteiger charge is 2.19. The predicted octanol–water partition coefficient (Wildman–Crippen LogP) is 2.40. The van der Waals surface area contributed by atoms with Crippen molar-refractivity contribution in [3.8, 4) is 0 Å². The molecule has 96 valence electrons. The third-order valence-electron chi connectivity index (χ3n) is 1.84. The summed E-state index contributed by atoms with van der Waals surface area (Å²) in [6, 6.07) is 1.09. The summed E-state index contributed by atoms with van der Waals surface area (Å²) >= 11 is 0. The first-order valence-electron chi connectivity index (χ1n) is 4.72. The van der Waals surface area contributed by atoms with Crippen LogP contribution in [-0.4, -0.2) is 23.8 Å². The second kappa shape index (κ2) is 5.76. The summed E-state index contributed by atoms with van der Waals surface area (Å²) in [5.74, 6) is -3.94. The summed E-state index contributed by atoms with van der Waals surface area (Å²) in [5.41, 5.74) is -1.36. The van der Waals surface area contributed by atoms with E-state index in [2.05, 4.69) is 11.3 Å². The highest BCUT2D eigenvalue weighted by molar-refractivity contribution is 5.98. The molecule has 7 heteroatoms. The van der Waals surface area contributed by atoms with Gasteiger partial charge in [0.05, 0.1) is 5.69 Å². The first kappa shape index (κ1) is 13.6. The number of anilines is 1. The van der Waals surface area contributed by atoms with Crippen LogP contribution in [0.5, 0.6) is 0 Å². The Morgan fingerprint density at radius 1 is 1.44 bits per heavy atom. The minimum Gasteiger partial charge on any atom is -0.478 e. The maximum absolute atomic E-state index is 13.2. The summed E-state index contributed by atoms with van der Waals surface area (Å²) in [5, 5.41) is 10.7. The molecule has 0 aromatic heterocycles. The molecule has 18 heavy (non-hydrogen) atoms. The molecule has 1 aromatic carbocycles. The molecule has 0 heterocycles. The molecular formula is C11H9F2NO4. The van der Waals surface area contributed by atoms with Crippen molar-refractivity contribution < 1.29 is 28.2 Å². The van der Waals surface area contributed by atoms with E-state index in [-0.39, 0.29) is 6.61 Å². The standard InChI is InChI=1S/C11H9F2NO4/c1-2-3-18-11(17)14-8-5-6(12)4-7(13)9(8)10(15)16/h2,4-5H,1,3H2,(H,14,17)(H,15,16). The summed E-state index contributed by atoms with van der Waals surface area (Å²) in [6.45, 7) is 3.18.